The van der Waals surface area contributed by atoms with Crippen LogP contribution in [-0.2, 0) is 58.7 Å². The molecule has 4 atom stereocenters. The average molecular weight is 687 g/mol. The number of hydrogen-bond donors (Lipinski definition) is 0. The summed E-state index contributed by atoms with van der Waals surface area (Å²) in [4.78, 5) is 60.9. The smallest absolute Gasteiger partial charge is 0.339 e. The van der Waals surface area contributed by atoms with Crippen molar-refractivity contribution in [1.29, 1.82) is 0 Å². The van der Waals surface area contributed by atoms with Crippen LogP contribution >= 0.6 is 0 Å². The monoisotopic (exact) mass is 686 g/mol. The summed E-state index contributed by atoms with van der Waals surface area (Å²) in [6.07, 6.45) is -1.00. The van der Waals surface area contributed by atoms with Crippen LogP contribution in [0, 0.1) is 0 Å². The van der Waals surface area contributed by atoms with Gasteiger partial charge in [-0.3, -0.25) is 9.59 Å². The Labute approximate surface area is 286 Å². The van der Waals surface area contributed by atoms with Gasteiger partial charge in [-0.2, -0.15) is 0 Å². The highest BCUT2D eigenvalue weighted by Gasteiger charge is 2.29. The lowest BCUT2D eigenvalue weighted by Gasteiger charge is -2.21. The van der Waals surface area contributed by atoms with Crippen LogP contribution in [0.15, 0.2) is 42.5 Å². The SMILES string of the molecule is CC(=O)OC(C)COCC(=O)OC(C)COCC(=O)OC(C)COCCCOCC(C)OC(=O)c1cccc2c1C(=O)c1ccccc1C2. The van der Waals surface area contributed by atoms with Crippen molar-refractivity contribution in [1.82, 2.24) is 0 Å². The number of ether oxygens (including phenoxy) is 8. The van der Waals surface area contributed by atoms with Gasteiger partial charge in [0.15, 0.2) is 5.78 Å². The molecule has 1 aliphatic carbocycles. The van der Waals surface area contributed by atoms with Crippen LogP contribution in [-0.4, -0.2) is 107 Å². The summed E-state index contributed by atoms with van der Waals surface area (Å²) in [7, 11) is 0. The van der Waals surface area contributed by atoms with E-state index < -0.39 is 48.3 Å². The second kappa shape index (κ2) is 20.4. The van der Waals surface area contributed by atoms with Crippen molar-refractivity contribution in [2.75, 3.05) is 52.9 Å². The maximum atomic E-state index is 13.2. The molecule has 0 saturated heterocycles. The van der Waals surface area contributed by atoms with Gasteiger partial charge in [0, 0.05) is 31.3 Å². The predicted octanol–water partition coefficient (Wildman–Crippen LogP) is 3.64. The molecule has 0 saturated carbocycles. The fraction of sp³-hybridized carbons (Fsp3) is 0.528. The van der Waals surface area contributed by atoms with Crippen molar-refractivity contribution in [3.05, 3.63) is 70.3 Å². The number of benzene rings is 2. The third-order valence-electron chi connectivity index (χ3n) is 7.01. The minimum Gasteiger partial charge on any atom is -0.460 e. The molecule has 2 aromatic rings. The predicted molar refractivity (Wildman–Crippen MR) is 174 cm³/mol. The molecule has 0 N–H and O–H groups in total. The van der Waals surface area contributed by atoms with E-state index in [1.807, 2.05) is 24.3 Å². The zero-order valence-corrected chi connectivity index (χ0v) is 28.7. The molecule has 13 nitrogen and oxygen atoms in total. The third-order valence-corrected chi connectivity index (χ3v) is 7.01. The summed E-state index contributed by atoms with van der Waals surface area (Å²) in [5.41, 5.74) is 2.99. The first-order valence-electron chi connectivity index (χ1n) is 16.3. The largest absolute Gasteiger partial charge is 0.460 e. The van der Waals surface area contributed by atoms with Crippen molar-refractivity contribution in [3.8, 4) is 0 Å². The van der Waals surface area contributed by atoms with Gasteiger partial charge in [-0.05, 0) is 57.7 Å². The molecule has 3 rings (SSSR count). The number of carbonyl (C=O) groups is 5. The zero-order valence-electron chi connectivity index (χ0n) is 28.7. The first-order valence-corrected chi connectivity index (χ1v) is 16.3. The van der Waals surface area contributed by atoms with Gasteiger partial charge in [-0.1, -0.05) is 36.4 Å². The van der Waals surface area contributed by atoms with Crippen molar-refractivity contribution < 1.29 is 61.9 Å². The Morgan fingerprint density at radius 1 is 0.633 bits per heavy atom. The Kier molecular flexibility index (Phi) is 16.3. The fourth-order valence-electron chi connectivity index (χ4n) is 4.98. The maximum Gasteiger partial charge on any atom is 0.339 e. The van der Waals surface area contributed by atoms with E-state index in [2.05, 4.69) is 0 Å². The quantitative estimate of drug-likeness (QED) is 0.0909. The molecule has 0 fully saturated rings. The Morgan fingerprint density at radius 3 is 1.73 bits per heavy atom. The van der Waals surface area contributed by atoms with E-state index in [-0.39, 0.29) is 51.0 Å². The van der Waals surface area contributed by atoms with E-state index in [1.54, 1.807) is 45.9 Å². The highest BCUT2D eigenvalue weighted by Crippen LogP contribution is 2.29. The molecule has 0 spiro atoms. The van der Waals surface area contributed by atoms with Crippen LogP contribution in [0.1, 0.15) is 78.4 Å². The lowest BCUT2D eigenvalue weighted by atomic mass is 9.83. The van der Waals surface area contributed by atoms with Crippen LogP contribution < -0.4 is 0 Å². The van der Waals surface area contributed by atoms with Gasteiger partial charge in [0.2, 0.25) is 0 Å². The Balaban J connectivity index is 1.21. The molecule has 0 amide bonds. The standard InChI is InChI=1S/C36H46O13/c1-23(46-27(5)37)19-44-21-33(39)48-25(3)20-45-22-32(38)47-24(2)17-42-14-9-15-43-18-26(4)49-36(41)31-13-8-11-29-16-28-10-6-7-12-30(28)35(40)34(29)31/h6-8,10-13,23-26H,9,14-22H2,1-5H3. The van der Waals surface area contributed by atoms with E-state index in [9.17, 15) is 24.0 Å². The molecular formula is C36H46O13. The Hall–Kier alpha value is -4.17. The van der Waals surface area contributed by atoms with E-state index in [0.717, 1.165) is 11.1 Å². The lowest BCUT2D eigenvalue weighted by molar-refractivity contribution is -0.162. The first-order chi connectivity index (χ1) is 23.4. The Bertz CT molecular complexity index is 1420. The van der Waals surface area contributed by atoms with Gasteiger partial charge < -0.3 is 37.9 Å². The van der Waals surface area contributed by atoms with Crippen molar-refractivity contribution in [2.24, 2.45) is 0 Å². The van der Waals surface area contributed by atoms with E-state index in [1.165, 1.54) is 6.92 Å². The number of ketones is 1. The molecule has 1 aliphatic rings. The zero-order chi connectivity index (χ0) is 35.8. The van der Waals surface area contributed by atoms with Crippen LogP contribution in [0.5, 0.6) is 0 Å². The van der Waals surface area contributed by atoms with Gasteiger partial charge in [0.25, 0.3) is 0 Å². The number of carbonyl (C=O) groups excluding carboxylic acids is 5. The molecule has 13 heteroatoms. The lowest BCUT2D eigenvalue weighted by Crippen LogP contribution is -2.28. The van der Waals surface area contributed by atoms with Crippen molar-refractivity contribution in [3.63, 3.8) is 0 Å². The minimum absolute atomic E-state index is 0.0176. The second-order valence-corrected chi connectivity index (χ2v) is 11.8. The summed E-state index contributed by atoms with van der Waals surface area (Å²) in [6.45, 7) is 8.42. The number of fused-ring (bicyclic) bond motifs is 2. The summed E-state index contributed by atoms with van der Waals surface area (Å²) in [5.74, 6) is -2.39. The van der Waals surface area contributed by atoms with Gasteiger partial charge in [0.1, 0.15) is 37.6 Å². The molecule has 2 aromatic carbocycles. The summed E-state index contributed by atoms with van der Waals surface area (Å²) in [5, 5.41) is 0. The minimum atomic E-state index is -0.619. The summed E-state index contributed by atoms with van der Waals surface area (Å²) in [6, 6.07) is 12.6. The maximum absolute atomic E-state index is 13.2. The fourth-order valence-corrected chi connectivity index (χ4v) is 4.98. The molecular weight excluding hydrogens is 640 g/mol. The van der Waals surface area contributed by atoms with Crippen LogP contribution in [0.25, 0.3) is 0 Å². The van der Waals surface area contributed by atoms with Gasteiger partial charge in [0.05, 0.1) is 32.0 Å². The molecule has 4 unspecified atom stereocenters. The normalized spacial score (nSPS) is 14.4. The van der Waals surface area contributed by atoms with E-state index in [4.69, 9.17) is 37.9 Å². The second-order valence-electron chi connectivity index (χ2n) is 11.8. The molecule has 0 radical (unpaired) electrons. The van der Waals surface area contributed by atoms with Crippen LogP contribution in [0.4, 0.5) is 0 Å². The number of esters is 4. The molecule has 0 bridgehead atoms. The number of hydrogen-bond acceptors (Lipinski definition) is 13. The average Bonchev–Trinajstić information content (AvgIpc) is 3.03. The number of rotatable bonds is 21. The van der Waals surface area contributed by atoms with E-state index >= 15 is 0 Å². The highest BCUT2D eigenvalue weighted by atomic mass is 16.6. The van der Waals surface area contributed by atoms with Crippen molar-refractivity contribution in [2.45, 2.75) is 71.9 Å². The van der Waals surface area contributed by atoms with Gasteiger partial charge in [-0.15, -0.1) is 0 Å². The molecule has 0 heterocycles. The van der Waals surface area contributed by atoms with E-state index in [0.29, 0.717) is 37.2 Å². The topological polar surface area (TPSA) is 159 Å². The van der Waals surface area contributed by atoms with Crippen LogP contribution in [0.3, 0.4) is 0 Å². The molecule has 0 aliphatic heterocycles. The summed E-state index contributed by atoms with van der Waals surface area (Å²) >= 11 is 0. The Morgan fingerprint density at radius 2 is 1.14 bits per heavy atom. The van der Waals surface area contributed by atoms with Gasteiger partial charge in [-0.25, -0.2) is 14.4 Å². The molecule has 49 heavy (non-hydrogen) atoms. The first kappa shape index (κ1) is 39.3. The molecule has 268 valence electrons. The third kappa shape index (κ3) is 13.7. The van der Waals surface area contributed by atoms with Gasteiger partial charge >= 0.3 is 23.9 Å². The summed E-state index contributed by atoms with van der Waals surface area (Å²) < 4.78 is 42.5. The van der Waals surface area contributed by atoms with Crippen molar-refractivity contribution >= 4 is 29.7 Å². The highest BCUT2D eigenvalue weighted by molar-refractivity contribution is 6.17. The molecule has 0 aromatic heterocycles. The van der Waals surface area contributed by atoms with Crippen LogP contribution in [0.2, 0.25) is 0 Å².